The summed E-state index contributed by atoms with van der Waals surface area (Å²) in [7, 11) is 0. The largest absolute Gasteiger partial charge is 0.147 e. The molecule has 0 saturated carbocycles. The average molecular weight is 161 g/mol. The minimum atomic E-state index is 0. The Bertz CT molecular complexity index is 14.0. The molecule has 0 atom stereocenters. The molecule has 0 aromatic carbocycles. The lowest BCUT2D eigenvalue weighted by Crippen LogP contribution is -1.66. The molecule has 0 aromatic heterocycles. The van der Waals surface area contributed by atoms with Gasteiger partial charge in [-0.25, -0.2) is 0 Å². The molecule has 0 nitrogen and oxygen atoms in total. The first-order chi connectivity index (χ1) is 1.73. The molecule has 0 aromatic rings. The fourth-order valence-electron chi connectivity index (χ4n) is 0. The van der Waals surface area contributed by atoms with Crippen LogP contribution in [0.2, 0.25) is 0 Å². The lowest BCUT2D eigenvalue weighted by atomic mass is 10.3. The topological polar surface area (TPSA) is 0 Å². The van der Waals surface area contributed by atoms with E-state index in [4.69, 9.17) is 0 Å². The van der Waals surface area contributed by atoms with Crippen LogP contribution in [-0.2, 0) is 0 Å². The van der Waals surface area contributed by atoms with Crippen molar-refractivity contribution in [2.24, 2.45) is 5.92 Å². The van der Waals surface area contributed by atoms with Gasteiger partial charge in [-0.1, -0.05) is 50.5 Å². The Balaban J connectivity index is -0.00000000300. The lowest BCUT2D eigenvalue weighted by molar-refractivity contribution is 0.737. The summed E-state index contributed by atoms with van der Waals surface area (Å²) < 4.78 is 0. The minimum Gasteiger partial charge on any atom is -0.147 e. The molecule has 68 valence electrons. The molecule has 0 rings (SSSR count). The number of rotatable bonds is 0. The highest BCUT2D eigenvalue weighted by molar-refractivity contribution is 5.85. The van der Waals surface area contributed by atoms with E-state index in [9.17, 15) is 0 Å². The van der Waals surface area contributed by atoms with Gasteiger partial charge in [0, 0.05) is 1.43 Å². The van der Waals surface area contributed by atoms with E-state index < -0.39 is 0 Å². The summed E-state index contributed by atoms with van der Waals surface area (Å²) in [5.41, 5.74) is 0. The summed E-state index contributed by atoms with van der Waals surface area (Å²) in [5, 5.41) is 0. The van der Waals surface area contributed by atoms with Crippen molar-refractivity contribution in [1.82, 2.24) is 0 Å². The van der Waals surface area contributed by atoms with Gasteiger partial charge in [-0.3, -0.25) is 0 Å². The van der Waals surface area contributed by atoms with Crippen LogP contribution in [0.15, 0.2) is 0 Å². The molecule has 9 heavy (non-hydrogen) atoms. The molecule has 0 aliphatic heterocycles. The molecule has 0 amide bonds. The van der Waals surface area contributed by atoms with Crippen LogP contribution in [0.3, 0.4) is 0 Å². The summed E-state index contributed by atoms with van der Waals surface area (Å²) in [6.07, 6.45) is 0. The molecule has 0 heterocycles. The van der Waals surface area contributed by atoms with Gasteiger partial charge in [0.25, 0.3) is 0 Å². The summed E-state index contributed by atoms with van der Waals surface area (Å²) in [4.78, 5) is 0. The molecule has 0 aliphatic carbocycles. The maximum atomic E-state index is 2.17. The van der Waals surface area contributed by atoms with Gasteiger partial charge in [-0.05, 0) is 5.92 Å². The number of hydrogen-bond donors (Lipinski definition) is 0. The van der Waals surface area contributed by atoms with Crippen molar-refractivity contribution in [2.45, 2.75) is 50.5 Å². The Morgan fingerprint density at radius 3 is 0.778 bits per heavy atom. The first-order valence-electron chi connectivity index (χ1n) is 1.73. The summed E-state index contributed by atoms with van der Waals surface area (Å²) in [5.74, 6) is 0.833. The van der Waals surface area contributed by atoms with E-state index in [2.05, 4.69) is 20.8 Å². The SMILES string of the molecule is C.C.C.C.CC(C)C.Cl.[HH]. The smallest absolute Gasteiger partial charge is 0 e. The van der Waals surface area contributed by atoms with Crippen LogP contribution in [0, 0.1) is 5.92 Å². The number of halogens is 1. The van der Waals surface area contributed by atoms with Gasteiger partial charge < -0.3 is 0 Å². The maximum absolute atomic E-state index is 2.17. The predicted molar refractivity (Wildman–Crippen MR) is 56.8 cm³/mol. The first-order valence-corrected chi connectivity index (χ1v) is 1.73. The van der Waals surface area contributed by atoms with Gasteiger partial charge in [-0.15, -0.1) is 12.4 Å². The fraction of sp³-hybridized carbons (Fsp3) is 1.00. The van der Waals surface area contributed by atoms with E-state index in [1.807, 2.05) is 0 Å². The van der Waals surface area contributed by atoms with Gasteiger partial charge in [0.1, 0.15) is 0 Å². The Kier molecular flexibility index (Phi) is 267. The van der Waals surface area contributed by atoms with Crippen molar-refractivity contribution in [3.63, 3.8) is 0 Å². The summed E-state index contributed by atoms with van der Waals surface area (Å²) in [6.45, 7) is 6.50. The zero-order valence-electron chi connectivity index (χ0n) is 3.99. The second-order valence-corrected chi connectivity index (χ2v) is 1.73. The van der Waals surface area contributed by atoms with E-state index in [-0.39, 0.29) is 43.5 Å². The van der Waals surface area contributed by atoms with Crippen molar-refractivity contribution in [3.8, 4) is 0 Å². The van der Waals surface area contributed by atoms with Crippen molar-refractivity contribution >= 4 is 12.4 Å². The van der Waals surface area contributed by atoms with Crippen LogP contribution in [0.1, 0.15) is 51.9 Å². The Hall–Kier alpha value is 0.290. The van der Waals surface area contributed by atoms with Crippen LogP contribution < -0.4 is 0 Å². The molecular weight excluding hydrogens is 132 g/mol. The molecule has 0 radical (unpaired) electrons. The molecule has 0 unspecified atom stereocenters. The van der Waals surface area contributed by atoms with Crippen LogP contribution in [0.25, 0.3) is 0 Å². The highest BCUT2D eigenvalue weighted by atomic mass is 35.5. The van der Waals surface area contributed by atoms with Gasteiger partial charge >= 0.3 is 0 Å². The van der Waals surface area contributed by atoms with E-state index in [0.29, 0.717) is 0 Å². The molecule has 0 bridgehead atoms. The van der Waals surface area contributed by atoms with Gasteiger partial charge in [0.2, 0.25) is 0 Å². The average Bonchev–Trinajstić information content (AvgIpc) is 0.811. The van der Waals surface area contributed by atoms with Crippen LogP contribution in [0.5, 0.6) is 0 Å². The second kappa shape index (κ2) is 40.7. The molecule has 0 spiro atoms. The molecule has 0 N–H and O–H groups in total. The Morgan fingerprint density at radius 1 is 0.778 bits per heavy atom. The third-order valence-corrected chi connectivity index (χ3v) is 0. The maximum Gasteiger partial charge on any atom is 0 e. The second-order valence-electron chi connectivity index (χ2n) is 1.73. The third-order valence-electron chi connectivity index (χ3n) is 0. The third kappa shape index (κ3) is 3900. The molecule has 0 fully saturated rings. The molecule has 0 aliphatic rings. The van der Waals surface area contributed by atoms with Gasteiger partial charge in [-0.2, -0.15) is 0 Å². The predicted octanol–water partition coefficient (Wildman–Crippen LogP) is 4.87. The minimum absolute atomic E-state index is 0. The highest BCUT2D eigenvalue weighted by Gasteiger charge is 1.68. The zero-order valence-corrected chi connectivity index (χ0v) is 4.80. The summed E-state index contributed by atoms with van der Waals surface area (Å²) >= 11 is 0. The van der Waals surface area contributed by atoms with Gasteiger partial charge in [0.15, 0.2) is 0 Å². The van der Waals surface area contributed by atoms with Crippen molar-refractivity contribution in [1.29, 1.82) is 0 Å². The quantitative estimate of drug-likeness (QED) is 0.474. The Labute approximate surface area is 71.0 Å². The molecule has 0 saturated heterocycles. The van der Waals surface area contributed by atoms with Gasteiger partial charge in [0.05, 0.1) is 0 Å². The summed E-state index contributed by atoms with van der Waals surface area (Å²) in [6, 6.07) is 0. The molecular formula is C8H29Cl. The fourth-order valence-corrected chi connectivity index (χ4v) is 0. The normalized spacial score (nSPS) is 4.00. The van der Waals surface area contributed by atoms with E-state index in [0.717, 1.165) is 5.92 Å². The lowest BCUT2D eigenvalue weighted by Gasteiger charge is -1.79. The van der Waals surface area contributed by atoms with Crippen molar-refractivity contribution < 1.29 is 1.43 Å². The Morgan fingerprint density at radius 2 is 0.778 bits per heavy atom. The standard InChI is InChI=1S/C4H10.4CH4.ClH.H2/c1-4(2)3;;;;;;/h4H,1-3H3;4*1H4;2*1H. The van der Waals surface area contributed by atoms with Crippen molar-refractivity contribution in [3.05, 3.63) is 0 Å². The van der Waals surface area contributed by atoms with Crippen LogP contribution in [0.4, 0.5) is 0 Å². The molecule has 1 heteroatoms. The van der Waals surface area contributed by atoms with E-state index >= 15 is 0 Å². The number of hydrogen-bond acceptors (Lipinski definition) is 0. The van der Waals surface area contributed by atoms with Crippen molar-refractivity contribution in [2.75, 3.05) is 0 Å². The first kappa shape index (κ1) is 59.0. The highest BCUT2D eigenvalue weighted by Crippen LogP contribution is 1.81. The monoisotopic (exact) mass is 160 g/mol. The van der Waals surface area contributed by atoms with Crippen LogP contribution >= 0.6 is 12.4 Å². The van der Waals surface area contributed by atoms with Crippen LogP contribution in [-0.4, -0.2) is 0 Å². The van der Waals surface area contributed by atoms with E-state index in [1.165, 1.54) is 0 Å². The zero-order chi connectivity index (χ0) is 3.58. The van der Waals surface area contributed by atoms with E-state index in [1.54, 1.807) is 0 Å².